The van der Waals surface area contributed by atoms with Gasteiger partial charge in [0.15, 0.2) is 0 Å². The first-order valence-electron chi connectivity index (χ1n) is 13.5. The molecule has 0 saturated heterocycles. The van der Waals surface area contributed by atoms with Crippen LogP contribution in [0.25, 0.3) is 11.1 Å². The number of fused-ring (bicyclic) bond motifs is 3. The van der Waals surface area contributed by atoms with Gasteiger partial charge in [-0.1, -0.05) is 91.0 Å². The van der Waals surface area contributed by atoms with Gasteiger partial charge in [-0.25, -0.2) is 0 Å². The Hall–Kier alpha value is -4.47. The Bertz CT molecular complexity index is 1620. The second-order valence-corrected chi connectivity index (χ2v) is 11.8. The van der Waals surface area contributed by atoms with Crippen LogP contribution in [0.15, 0.2) is 103 Å². The Morgan fingerprint density at radius 2 is 1.36 bits per heavy atom. The molecule has 216 valence electrons. The number of carbonyl (C=O) groups is 2. The topological polar surface area (TPSA) is 122 Å². The molecular formula is C33H31NO7S. The molecule has 0 amide bonds. The maximum absolute atomic E-state index is 13.7. The summed E-state index contributed by atoms with van der Waals surface area (Å²) >= 11 is 0. The third kappa shape index (κ3) is 6.87. The van der Waals surface area contributed by atoms with Gasteiger partial charge in [0.25, 0.3) is 0 Å². The summed E-state index contributed by atoms with van der Waals surface area (Å²) in [4.78, 5) is 26.4. The highest BCUT2D eigenvalue weighted by Gasteiger charge is 2.34. The average Bonchev–Trinajstić information content (AvgIpc) is 3.29. The lowest BCUT2D eigenvalue weighted by molar-refractivity contribution is -0.148. The van der Waals surface area contributed by atoms with Crippen molar-refractivity contribution >= 4 is 22.1 Å². The Kier molecular flexibility index (Phi) is 8.70. The highest BCUT2D eigenvalue weighted by atomic mass is 32.2. The summed E-state index contributed by atoms with van der Waals surface area (Å²) in [6, 6.07) is 30.3. The van der Waals surface area contributed by atoms with E-state index in [4.69, 9.17) is 19.4 Å². The number of ether oxygens (including phenoxy) is 2. The van der Waals surface area contributed by atoms with Crippen molar-refractivity contribution in [1.29, 1.82) is 0 Å². The van der Waals surface area contributed by atoms with Crippen LogP contribution in [0.4, 0.5) is 0 Å². The maximum Gasteiger partial charge on any atom is 0.315 e. The van der Waals surface area contributed by atoms with E-state index >= 15 is 0 Å². The standard InChI is InChI=1S/C33H31NO7S/c1-42(37,38)41-24-17-15-23(16-18-24)32(30(34)19-31(35)39-20-22-9-3-2-4-10-22)33(36)40-21-29-27-13-7-5-11-25(27)26-12-6-8-14-28(26)29/h2-18,29-30,32H,19-21,34H2,1H3. The summed E-state index contributed by atoms with van der Waals surface area (Å²) in [6.07, 6.45) is 0.709. The van der Waals surface area contributed by atoms with E-state index in [2.05, 4.69) is 12.1 Å². The molecule has 0 bridgehead atoms. The minimum absolute atomic E-state index is 0.0829. The van der Waals surface area contributed by atoms with Gasteiger partial charge in [-0.05, 0) is 45.5 Å². The number of esters is 2. The number of hydrogen-bond acceptors (Lipinski definition) is 8. The van der Waals surface area contributed by atoms with Crippen molar-refractivity contribution in [2.75, 3.05) is 12.9 Å². The van der Waals surface area contributed by atoms with Crippen LogP contribution in [0.2, 0.25) is 0 Å². The maximum atomic E-state index is 13.7. The molecule has 2 unspecified atom stereocenters. The molecule has 2 atom stereocenters. The van der Waals surface area contributed by atoms with E-state index in [-0.39, 0.29) is 31.3 Å². The third-order valence-electron chi connectivity index (χ3n) is 7.17. The zero-order chi connectivity index (χ0) is 29.7. The van der Waals surface area contributed by atoms with E-state index < -0.39 is 34.0 Å². The number of nitrogens with two attached hydrogens (primary N) is 1. The molecule has 42 heavy (non-hydrogen) atoms. The van der Waals surface area contributed by atoms with Crippen molar-refractivity contribution in [2.45, 2.75) is 30.9 Å². The molecule has 4 aromatic carbocycles. The van der Waals surface area contributed by atoms with Gasteiger partial charge in [0.05, 0.1) is 18.6 Å². The minimum atomic E-state index is -3.73. The summed E-state index contributed by atoms with van der Waals surface area (Å²) in [5.74, 6) is -2.24. The normalized spacial score (nSPS) is 13.9. The number of hydrogen-bond donors (Lipinski definition) is 1. The number of benzene rings is 4. The largest absolute Gasteiger partial charge is 0.464 e. The molecule has 1 aliphatic carbocycles. The Morgan fingerprint density at radius 3 is 1.95 bits per heavy atom. The molecule has 0 radical (unpaired) electrons. The molecule has 9 heteroatoms. The summed E-state index contributed by atoms with van der Waals surface area (Å²) in [5, 5.41) is 0. The van der Waals surface area contributed by atoms with Gasteiger partial charge >= 0.3 is 22.1 Å². The van der Waals surface area contributed by atoms with Crippen LogP contribution in [0.1, 0.15) is 40.5 Å². The lowest BCUT2D eigenvalue weighted by Gasteiger charge is -2.24. The first-order chi connectivity index (χ1) is 20.2. The van der Waals surface area contributed by atoms with Crippen molar-refractivity contribution in [3.63, 3.8) is 0 Å². The fraction of sp³-hybridized carbons (Fsp3) is 0.212. The van der Waals surface area contributed by atoms with Crippen molar-refractivity contribution < 1.29 is 31.7 Å². The highest BCUT2D eigenvalue weighted by Crippen LogP contribution is 2.44. The zero-order valence-corrected chi connectivity index (χ0v) is 23.8. The monoisotopic (exact) mass is 585 g/mol. The van der Waals surface area contributed by atoms with Crippen molar-refractivity contribution in [3.05, 3.63) is 125 Å². The smallest absolute Gasteiger partial charge is 0.315 e. The van der Waals surface area contributed by atoms with Crippen molar-refractivity contribution in [2.24, 2.45) is 5.73 Å². The van der Waals surface area contributed by atoms with Gasteiger partial charge in [-0.2, -0.15) is 8.42 Å². The SMILES string of the molecule is CS(=O)(=O)Oc1ccc(C(C(=O)OCC2c3ccccc3-c3ccccc32)C(N)CC(=O)OCc2ccccc2)cc1. The van der Waals surface area contributed by atoms with Crippen molar-refractivity contribution in [1.82, 2.24) is 0 Å². The molecular weight excluding hydrogens is 554 g/mol. The molecule has 8 nitrogen and oxygen atoms in total. The molecule has 2 N–H and O–H groups in total. The van der Waals surface area contributed by atoms with Crippen LogP contribution in [-0.2, 0) is 35.8 Å². The molecule has 0 saturated carbocycles. The van der Waals surface area contributed by atoms with E-state index in [1.54, 1.807) is 12.1 Å². The first-order valence-corrected chi connectivity index (χ1v) is 15.3. The van der Waals surface area contributed by atoms with Gasteiger partial charge in [0, 0.05) is 12.0 Å². The molecule has 4 aromatic rings. The second kappa shape index (κ2) is 12.6. The predicted octanol–water partition coefficient (Wildman–Crippen LogP) is 4.93. The lowest BCUT2D eigenvalue weighted by Crippen LogP contribution is -2.37. The second-order valence-electron chi connectivity index (χ2n) is 10.2. The van der Waals surface area contributed by atoms with Crippen LogP contribution < -0.4 is 9.92 Å². The fourth-order valence-electron chi connectivity index (χ4n) is 5.27. The predicted molar refractivity (Wildman–Crippen MR) is 158 cm³/mol. The van der Waals surface area contributed by atoms with Crippen molar-refractivity contribution in [3.8, 4) is 16.9 Å². The molecule has 0 aromatic heterocycles. The van der Waals surface area contributed by atoms with Crippen LogP contribution in [0.5, 0.6) is 5.75 Å². The highest BCUT2D eigenvalue weighted by molar-refractivity contribution is 7.86. The molecule has 0 fully saturated rings. The zero-order valence-electron chi connectivity index (χ0n) is 23.0. The molecule has 0 aliphatic heterocycles. The molecule has 5 rings (SSSR count). The molecule has 0 heterocycles. The van der Waals surface area contributed by atoms with Gasteiger partial charge in [-0.3, -0.25) is 9.59 Å². The molecule has 1 aliphatic rings. The van der Waals surface area contributed by atoms with Crippen LogP contribution >= 0.6 is 0 Å². The van der Waals surface area contributed by atoms with Gasteiger partial charge < -0.3 is 19.4 Å². The molecule has 0 spiro atoms. The summed E-state index contributed by atoms with van der Waals surface area (Å²) < 4.78 is 39.3. The van der Waals surface area contributed by atoms with E-state index in [9.17, 15) is 18.0 Å². The lowest BCUT2D eigenvalue weighted by atomic mass is 9.90. The van der Waals surface area contributed by atoms with E-state index in [0.717, 1.165) is 34.1 Å². The Morgan fingerprint density at radius 1 is 0.786 bits per heavy atom. The van der Waals surface area contributed by atoms with Crippen LogP contribution in [-0.4, -0.2) is 39.3 Å². The fourth-order valence-corrected chi connectivity index (χ4v) is 5.73. The number of rotatable bonds is 11. The Labute approximate surface area is 245 Å². The summed E-state index contributed by atoms with van der Waals surface area (Å²) in [5.41, 5.74) is 12.1. The minimum Gasteiger partial charge on any atom is -0.464 e. The number of carbonyl (C=O) groups excluding carboxylic acids is 2. The third-order valence-corrected chi connectivity index (χ3v) is 7.66. The van der Waals surface area contributed by atoms with E-state index in [1.807, 2.05) is 66.7 Å². The van der Waals surface area contributed by atoms with Gasteiger partial charge in [0.1, 0.15) is 19.0 Å². The summed E-state index contributed by atoms with van der Waals surface area (Å²) in [6.45, 7) is 0.170. The van der Waals surface area contributed by atoms with Gasteiger partial charge in [0.2, 0.25) is 0 Å². The van der Waals surface area contributed by atoms with Crippen LogP contribution in [0.3, 0.4) is 0 Å². The summed E-state index contributed by atoms with van der Waals surface area (Å²) in [7, 11) is -3.73. The van der Waals surface area contributed by atoms with E-state index in [1.165, 1.54) is 12.1 Å². The quantitative estimate of drug-likeness (QED) is 0.194. The van der Waals surface area contributed by atoms with E-state index in [0.29, 0.717) is 5.56 Å². The first kappa shape index (κ1) is 29.0. The van der Waals surface area contributed by atoms with Crippen LogP contribution in [0, 0.1) is 0 Å². The van der Waals surface area contributed by atoms with Gasteiger partial charge in [-0.15, -0.1) is 0 Å². The average molecular weight is 586 g/mol. The Balaban J connectivity index is 1.34.